The zero-order chi connectivity index (χ0) is 19.3. The van der Waals surface area contributed by atoms with Crippen LogP contribution in [0.1, 0.15) is 37.8 Å². The predicted octanol–water partition coefficient (Wildman–Crippen LogP) is 2.42. The van der Waals surface area contributed by atoms with Gasteiger partial charge in [0.15, 0.2) is 5.96 Å². The molecule has 0 saturated carbocycles. The van der Waals surface area contributed by atoms with Gasteiger partial charge in [-0.25, -0.2) is 4.99 Å². The molecule has 2 aliphatic heterocycles. The number of rotatable bonds is 5. The number of guanidine groups is 1. The standard InChI is InChI=1S/C20H30N4O2S/c1-20(10-6-12-27-20)14-22-19(21-13-18(25)24(2)3)23-16-9-11-26-17-8-5-4-7-15(16)17/h4-5,7-8,16H,6,9-14H2,1-3H3,(H2,21,22,23). The number of aliphatic imine (C=N–C) groups is 1. The average Bonchev–Trinajstić information content (AvgIpc) is 3.10. The van der Waals surface area contributed by atoms with E-state index in [1.807, 2.05) is 30.0 Å². The topological polar surface area (TPSA) is 66.0 Å². The van der Waals surface area contributed by atoms with E-state index in [4.69, 9.17) is 4.74 Å². The Balaban J connectivity index is 1.71. The van der Waals surface area contributed by atoms with Crippen molar-refractivity contribution in [2.24, 2.45) is 4.99 Å². The number of hydrogen-bond acceptors (Lipinski definition) is 4. The molecule has 148 valence electrons. The lowest BCUT2D eigenvalue weighted by molar-refractivity contribution is -0.127. The monoisotopic (exact) mass is 390 g/mol. The van der Waals surface area contributed by atoms with E-state index in [2.05, 4.69) is 28.6 Å². The third-order valence-electron chi connectivity index (χ3n) is 5.07. The van der Waals surface area contributed by atoms with E-state index in [1.165, 1.54) is 18.6 Å². The molecule has 0 radical (unpaired) electrons. The van der Waals surface area contributed by atoms with Crippen molar-refractivity contribution in [3.8, 4) is 5.75 Å². The van der Waals surface area contributed by atoms with Gasteiger partial charge in [0.1, 0.15) is 12.3 Å². The van der Waals surface area contributed by atoms with Gasteiger partial charge in [-0.1, -0.05) is 18.2 Å². The average molecular weight is 391 g/mol. The quantitative estimate of drug-likeness (QED) is 0.597. The van der Waals surface area contributed by atoms with Crippen molar-refractivity contribution in [3.05, 3.63) is 29.8 Å². The van der Waals surface area contributed by atoms with Crippen LogP contribution in [0, 0.1) is 0 Å². The highest BCUT2D eigenvalue weighted by Gasteiger charge is 2.30. The number of hydrogen-bond donors (Lipinski definition) is 2. The lowest BCUT2D eigenvalue weighted by Crippen LogP contribution is -2.46. The van der Waals surface area contributed by atoms with Gasteiger partial charge in [-0.3, -0.25) is 4.79 Å². The summed E-state index contributed by atoms with van der Waals surface area (Å²) >= 11 is 2.01. The largest absolute Gasteiger partial charge is 0.493 e. The molecule has 0 aromatic heterocycles. The summed E-state index contributed by atoms with van der Waals surface area (Å²) in [6, 6.07) is 8.22. The molecule has 3 rings (SSSR count). The molecule has 0 bridgehead atoms. The molecule has 1 aromatic rings. The van der Waals surface area contributed by atoms with Gasteiger partial charge in [0.05, 0.1) is 12.6 Å². The molecule has 2 atom stereocenters. The van der Waals surface area contributed by atoms with Crippen LogP contribution in [0.2, 0.25) is 0 Å². The Kier molecular flexibility index (Phi) is 6.52. The third-order valence-corrected chi connectivity index (χ3v) is 6.61. The molecule has 1 amide bonds. The fourth-order valence-corrected chi connectivity index (χ4v) is 4.59. The second-order valence-electron chi connectivity index (χ2n) is 7.58. The van der Waals surface area contributed by atoms with Crippen LogP contribution in [0.3, 0.4) is 0 Å². The maximum absolute atomic E-state index is 12.0. The summed E-state index contributed by atoms with van der Waals surface area (Å²) in [5.41, 5.74) is 1.14. The first kappa shape index (κ1) is 19.9. The smallest absolute Gasteiger partial charge is 0.243 e. The number of carbonyl (C=O) groups is 1. The van der Waals surface area contributed by atoms with E-state index >= 15 is 0 Å². The van der Waals surface area contributed by atoms with Gasteiger partial charge in [0.2, 0.25) is 5.91 Å². The predicted molar refractivity (Wildman–Crippen MR) is 112 cm³/mol. The Morgan fingerprint density at radius 2 is 2.22 bits per heavy atom. The molecule has 1 fully saturated rings. The summed E-state index contributed by atoms with van der Waals surface area (Å²) < 4.78 is 5.98. The van der Waals surface area contributed by atoms with Crippen LogP contribution < -0.4 is 15.4 Å². The number of carbonyl (C=O) groups excluding carboxylic acids is 1. The number of nitrogens with one attached hydrogen (secondary N) is 2. The first-order chi connectivity index (χ1) is 13.0. The van der Waals surface area contributed by atoms with Crippen LogP contribution in [-0.4, -0.2) is 61.1 Å². The van der Waals surface area contributed by atoms with E-state index < -0.39 is 0 Å². The molecule has 1 aromatic carbocycles. The highest BCUT2D eigenvalue weighted by atomic mass is 32.2. The zero-order valence-electron chi connectivity index (χ0n) is 16.5. The van der Waals surface area contributed by atoms with Crippen LogP contribution >= 0.6 is 11.8 Å². The van der Waals surface area contributed by atoms with Crippen molar-refractivity contribution in [1.82, 2.24) is 15.5 Å². The zero-order valence-corrected chi connectivity index (χ0v) is 17.3. The van der Waals surface area contributed by atoms with Crippen LogP contribution in [0.25, 0.3) is 0 Å². The Morgan fingerprint density at radius 3 is 2.96 bits per heavy atom. The first-order valence-electron chi connectivity index (χ1n) is 9.57. The van der Waals surface area contributed by atoms with E-state index in [0.29, 0.717) is 12.6 Å². The summed E-state index contributed by atoms with van der Waals surface area (Å²) in [7, 11) is 3.51. The van der Waals surface area contributed by atoms with Gasteiger partial charge in [-0.2, -0.15) is 11.8 Å². The highest BCUT2D eigenvalue weighted by Crippen LogP contribution is 2.37. The molecule has 27 heavy (non-hydrogen) atoms. The number of thioether (sulfide) groups is 1. The molecule has 2 N–H and O–H groups in total. The molecule has 2 unspecified atom stereocenters. The van der Waals surface area contributed by atoms with Crippen LogP contribution in [-0.2, 0) is 4.79 Å². The second kappa shape index (κ2) is 8.87. The van der Waals surface area contributed by atoms with Crippen molar-refractivity contribution >= 4 is 23.6 Å². The normalized spacial score (nSPS) is 24.7. The maximum atomic E-state index is 12.0. The molecule has 0 aliphatic carbocycles. The van der Waals surface area contributed by atoms with Crippen LogP contribution in [0.4, 0.5) is 0 Å². The van der Waals surface area contributed by atoms with Crippen LogP contribution in [0.5, 0.6) is 5.75 Å². The fraction of sp³-hybridized carbons (Fsp3) is 0.600. The van der Waals surface area contributed by atoms with Gasteiger partial charge in [-0.05, 0) is 31.6 Å². The summed E-state index contributed by atoms with van der Waals surface area (Å²) in [4.78, 5) is 18.1. The number of para-hydroxylation sites is 1. The number of ether oxygens (including phenoxy) is 1. The van der Waals surface area contributed by atoms with E-state index in [-0.39, 0.29) is 23.2 Å². The molecule has 2 heterocycles. The minimum atomic E-state index is -0.00932. The summed E-state index contributed by atoms with van der Waals surface area (Å²) in [5.74, 6) is 2.82. The Hall–Kier alpha value is -1.89. The van der Waals surface area contributed by atoms with Gasteiger partial charge in [-0.15, -0.1) is 0 Å². The van der Waals surface area contributed by atoms with Gasteiger partial charge in [0.25, 0.3) is 0 Å². The van der Waals surface area contributed by atoms with E-state index in [1.54, 1.807) is 19.0 Å². The van der Waals surface area contributed by atoms with Gasteiger partial charge >= 0.3 is 0 Å². The summed E-state index contributed by atoms with van der Waals surface area (Å²) in [6.45, 7) is 3.94. The molecular weight excluding hydrogens is 360 g/mol. The Morgan fingerprint density at radius 1 is 1.41 bits per heavy atom. The minimum absolute atomic E-state index is 0.00932. The number of amides is 1. The molecule has 1 saturated heterocycles. The number of benzene rings is 1. The van der Waals surface area contributed by atoms with Gasteiger partial charge < -0.3 is 20.3 Å². The number of nitrogens with zero attached hydrogens (tertiary/aromatic N) is 2. The van der Waals surface area contributed by atoms with E-state index in [9.17, 15) is 4.79 Å². The molecule has 0 spiro atoms. The van der Waals surface area contributed by atoms with Crippen LogP contribution in [0.15, 0.2) is 29.3 Å². The molecular formula is C20H30N4O2S. The number of likely N-dealkylation sites (N-methyl/N-ethyl adjacent to an activating group) is 1. The summed E-state index contributed by atoms with van der Waals surface area (Å²) in [6.07, 6.45) is 3.33. The molecule has 7 heteroatoms. The highest BCUT2D eigenvalue weighted by molar-refractivity contribution is 8.00. The van der Waals surface area contributed by atoms with Crippen molar-refractivity contribution < 1.29 is 9.53 Å². The minimum Gasteiger partial charge on any atom is -0.493 e. The Labute approximate surface area is 166 Å². The second-order valence-corrected chi connectivity index (χ2v) is 9.26. The van der Waals surface area contributed by atoms with Crippen molar-refractivity contribution in [3.63, 3.8) is 0 Å². The Bertz CT molecular complexity index is 686. The number of fused-ring (bicyclic) bond motifs is 1. The SMILES string of the molecule is CN(C)C(=O)CN=C(NCC1(C)CCCS1)NC1CCOc2ccccc21. The van der Waals surface area contributed by atoms with Crippen molar-refractivity contribution in [2.45, 2.75) is 37.0 Å². The van der Waals surface area contributed by atoms with Gasteiger partial charge in [0, 0.05) is 37.4 Å². The first-order valence-corrected chi connectivity index (χ1v) is 10.6. The van der Waals surface area contributed by atoms with Crippen molar-refractivity contribution in [1.29, 1.82) is 0 Å². The third kappa shape index (κ3) is 5.31. The van der Waals surface area contributed by atoms with E-state index in [0.717, 1.165) is 24.3 Å². The molecule has 2 aliphatic rings. The maximum Gasteiger partial charge on any atom is 0.243 e. The summed E-state index contributed by atoms with van der Waals surface area (Å²) in [5, 5.41) is 7.01. The lowest BCUT2D eigenvalue weighted by atomic mass is 10.0. The lowest BCUT2D eigenvalue weighted by Gasteiger charge is -2.30. The van der Waals surface area contributed by atoms with Crippen molar-refractivity contribution in [2.75, 3.05) is 39.5 Å². The molecule has 6 nitrogen and oxygen atoms in total. The fourth-order valence-electron chi connectivity index (χ4n) is 3.34.